The molecule has 1 aliphatic heterocycles. The molecule has 4 rings (SSSR count). The largest absolute Gasteiger partial charge is 0.493 e. The molecule has 154 valence electrons. The highest BCUT2D eigenvalue weighted by Crippen LogP contribution is 2.35. The number of benzene rings is 2. The topological polar surface area (TPSA) is 59.1 Å². The first kappa shape index (κ1) is 20.0. The third-order valence-corrected chi connectivity index (χ3v) is 6.03. The molecule has 30 heavy (non-hydrogen) atoms. The molecule has 6 nitrogen and oxygen atoms in total. The van der Waals surface area contributed by atoms with E-state index in [0.717, 1.165) is 16.1 Å². The van der Waals surface area contributed by atoms with Crippen LogP contribution in [0.25, 0.3) is 0 Å². The third kappa shape index (κ3) is 3.76. The van der Waals surface area contributed by atoms with Gasteiger partial charge in [-0.2, -0.15) is 0 Å². The number of amides is 2. The first-order chi connectivity index (χ1) is 14.6. The van der Waals surface area contributed by atoms with Crippen molar-refractivity contribution >= 4 is 28.8 Å². The van der Waals surface area contributed by atoms with Crippen molar-refractivity contribution in [2.75, 3.05) is 25.7 Å². The number of nitrogens with zero attached hydrogens (tertiary/aromatic N) is 2. The van der Waals surface area contributed by atoms with Crippen LogP contribution in [0.1, 0.15) is 16.5 Å². The van der Waals surface area contributed by atoms with E-state index in [-0.39, 0.29) is 18.4 Å². The van der Waals surface area contributed by atoms with Crippen LogP contribution in [-0.2, 0) is 16.1 Å². The number of carbonyl (C=O) groups is 2. The minimum absolute atomic E-state index is 0.0119. The van der Waals surface area contributed by atoms with E-state index in [1.165, 1.54) is 11.3 Å². The van der Waals surface area contributed by atoms with Gasteiger partial charge >= 0.3 is 0 Å². The second-order valence-electron chi connectivity index (χ2n) is 6.89. The van der Waals surface area contributed by atoms with Crippen molar-refractivity contribution in [3.8, 4) is 11.5 Å². The minimum atomic E-state index is -0.667. The summed E-state index contributed by atoms with van der Waals surface area (Å²) >= 11 is 1.47. The van der Waals surface area contributed by atoms with Crippen LogP contribution in [-0.4, -0.2) is 37.5 Å². The lowest BCUT2D eigenvalue weighted by Crippen LogP contribution is -2.55. The summed E-state index contributed by atoms with van der Waals surface area (Å²) in [5, 5.41) is 1.92. The molecule has 0 N–H and O–H groups in total. The first-order valence-electron chi connectivity index (χ1n) is 9.52. The number of ether oxygens (including phenoxy) is 2. The maximum Gasteiger partial charge on any atom is 0.255 e. The highest BCUT2D eigenvalue weighted by molar-refractivity contribution is 7.10. The average molecular weight is 423 g/mol. The zero-order valence-electron chi connectivity index (χ0n) is 16.8. The zero-order valence-corrected chi connectivity index (χ0v) is 17.6. The Bertz CT molecular complexity index is 1040. The van der Waals surface area contributed by atoms with Crippen molar-refractivity contribution in [2.45, 2.75) is 12.6 Å². The Kier molecular flexibility index (Phi) is 5.72. The summed E-state index contributed by atoms with van der Waals surface area (Å²) in [4.78, 5) is 30.7. The van der Waals surface area contributed by atoms with E-state index in [1.807, 2.05) is 60.0 Å². The molecule has 1 aromatic heterocycles. The summed E-state index contributed by atoms with van der Waals surface area (Å²) in [6.45, 7) is 0.314. The van der Waals surface area contributed by atoms with Crippen LogP contribution in [0.15, 0.2) is 66.0 Å². The number of hydrogen-bond acceptors (Lipinski definition) is 5. The van der Waals surface area contributed by atoms with Gasteiger partial charge in [0.15, 0.2) is 11.5 Å². The van der Waals surface area contributed by atoms with E-state index >= 15 is 0 Å². The number of hydrogen-bond donors (Lipinski definition) is 0. The van der Waals surface area contributed by atoms with Crippen LogP contribution >= 0.6 is 11.3 Å². The van der Waals surface area contributed by atoms with Crippen LogP contribution in [0.2, 0.25) is 0 Å². The van der Waals surface area contributed by atoms with Gasteiger partial charge in [-0.1, -0.05) is 30.3 Å². The molecule has 0 unspecified atom stereocenters. The lowest BCUT2D eigenvalue weighted by Gasteiger charge is -2.40. The zero-order chi connectivity index (χ0) is 21.1. The number of thiophene rings is 1. The van der Waals surface area contributed by atoms with Crippen molar-refractivity contribution in [1.82, 2.24) is 4.90 Å². The second-order valence-corrected chi connectivity index (χ2v) is 7.87. The van der Waals surface area contributed by atoms with Crippen molar-refractivity contribution < 1.29 is 19.1 Å². The average Bonchev–Trinajstić information content (AvgIpc) is 3.31. The Morgan fingerprint density at radius 1 is 0.967 bits per heavy atom. The van der Waals surface area contributed by atoms with E-state index in [0.29, 0.717) is 18.0 Å². The molecule has 1 aliphatic rings. The number of carbonyl (C=O) groups excluding carboxylic acids is 2. The molecule has 1 saturated heterocycles. The molecule has 0 bridgehead atoms. The van der Waals surface area contributed by atoms with Crippen molar-refractivity contribution in [3.63, 3.8) is 0 Å². The molecule has 0 spiro atoms. The Balaban J connectivity index is 1.68. The van der Waals surface area contributed by atoms with Gasteiger partial charge < -0.3 is 19.3 Å². The van der Waals surface area contributed by atoms with Gasteiger partial charge in [0.25, 0.3) is 5.91 Å². The second kappa shape index (κ2) is 8.59. The maximum atomic E-state index is 13.5. The van der Waals surface area contributed by atoms with Gasteiger partial charge in [-0.05, 0) is 41.3 Å². The molecule has 0 radical (unpaired) electrons. The fourth-order valence-electron chi connectivity index (χ4n) is 3.63. The summed E-state index contributed by atoms with van der Waals surface area (Å²) in [6.07, 6.45) is 0. The van der Waals surface area contributed by atoms with Crippen LogP contribution < -0.4 is 14.4 Å². The summed E-state index contributed by atoms with van der Waals surface area (Å²) < 4.78 is 10.7. The summed E-state index contributed by atoms with van der Waals surface area (Å²) in [5.74, 6) is 0.993. The molecule has 1 fully saturated rings. The molecule has 0 aliphatic carbocycles. The predicted octanol–water partition coefficient (Wildman–Crippen LogP) is 3.88. The highest BCUT2D eigenvalue weighted by atomic mass is 32.1. The van der Waals surface area contributed by atoms with E-state index < -0.39 is 6.04 Å². The summed E-state index contributed by atoms with van der Waals surface area (Å²) in [6, 6.07) is 18.0. The summed E-state index contributed by atoms with van der Waals surface area (Å²) in [7, 11) is 3.15. The smallest absolute Gasteiger partial charge is 0.255 e. The first-order valence-corrected chi connectivity index (χ1v) is 10.4. The van der Waals surface area contributed by atoms with Crippen LogP contribution in [0.4, 0.5) is 5.69 Å². The Morgan fingerprint density at radius 3 is 2.40 bits per heavy atom. The van der Waals surface area contributed by atoms with Crippen molar-refractivity contribution in [3.05, 3.63) is 76.5 Å². The van der Waals surface area contributed by atoms with E-state index in [2.05, 4.69) is 0 Å². The van der Waals surface area contributed by atoms with Crippen molar-refractivity contribution in [1.29, 1.82) is 0 Å². The quantitative estimate of drug-likeness (QED) is 0.605. The van der Waals surface area contributed by atoms with E-state index in [4.69, 9.17) is 9.47 Å². The van der Waals surface area contributed by atoms with E-state index in [1.54, 1.807) is 30.1 Å². The van der Waals surface area contributed by atoms with Crippen LogP contribution in [0.3, 0.4) is 0 Å². The fourth-order valence-corrected chi connectivity index (χ4v) is 4.46. The van der Waals surface area contributed by atoms with Gasteiger partial charge in [0.2, 0.25) is 5.91 Å². The molecular weight excluding hydrogens is 400 g/mol. The number of para-hydroxylation sites is 1. The molecule has 2 aromatic carbocycles. The predicted molar refractivity (Wildman–Crippen MR) is 116 cm³/mol. The Labute approximate surface area is 179 Å². The minimum Gasteiger partial charge on any atom is -0.493 e. The molecule has 1 atom stereocenters. The van der Waals surface area contributed by atoms with Gasteiger partial charge in [-0.3, -0.25) is 9.59 Å². The highest BCUT2D eigenvalue weighted by Gasteiger charge is 2.41. The molecule has 2 amide bonds. The van der Waals surface area contributed by atoms with Gasteiger partial charge in [0, 0.05) is 17.1 Å². The number of rotatable bonds is 6. The normalized spacial score (nSPS) is 16.7. The lowest BCUT2D eigenvalue weighted by atomic mass is 10.1. The fraction of sp³-hybridized carbons (Fsp3) is 0.217. The number of piperazine rings is 1. The SMILES string of the molecule is COc1ccc(CN2C(=O)CN(c3ccccc3)C(=O)[C@@H]2c2cccs2)cc1OC. The van der Waals surface area contributed by atoms with Gasteiger partial charge in [-0.15, -0.1) is 11.3 Å². The van der Waals surface area contributed by atoms with Gasteiger partial charge in [0.05, 0.1) is 14.2 Å². The lowest BCUT2D eigenvalue weighted by molar-refractivity contribution is -0.144. The number of methoxy groups -OCH3 is 2. The molecule has 7 heteroatoms. The molecule has 0 saturated carbocycles. The monoisotopic (exact) mass is 422 g/mol. The van der Waals surface area contributed by atoms with Crippen LogP contribution in [0, 0.1) is 0 Å². The molecular formula is C23H22N2O4S. The molecule has 3 aromatic rings. The third-order valence-electron chi connectivity index (χ3n) is 5.11. The molecule has 2 heterocycles. The number of anilines is 1. The Morgan fingerprint density at radius 2 is 1.73 bits per heavy atom. The van der Waals surface area contributed by atoms with Crippen molar-refractivity contribution in [2.24, 2.45) is 0 Å². The van der Waals surface area contributed by atoms with Gasteiger partial charge in [-0.25, -0.2) is 0 Å². The Hall–Kier alpha value is -3.32. The van der Waals surface area contributed by atoms with Crippen LogP contribution in [0.5, 0.6) is 11.5 Å². The maximum absolute atomic E-state index is 13.5. The van der Waals surface area contributed by atoms with Gasteiger partial charge in [0.1, 0.15) is 12.6 Å². The summed E-state index contributed by atoms with van der Waals surface area (Å²) in [5.41, 5.74) is 1.59. The standard InChI is InChI=1S/C23H22N2O4S/c1-28-18-11-10-16(13-19(18)29-2)14-25-21(26)15-24(17-7-4-3-5-8-17)23(27)22(25)20-9-6-12-30-20/h3-13,22H,14-15H2,1-2H3/t22-/m0/s1. The van der Waals surface area contributed by atoms with E-state index in [9.17, 15) is 9.59 Å².